The fourth-order valence-corrected chi connectivity index (χ4v) is 1.88. The molecule has 1 aromatic heterocycles. The van der Waals surface area contributed by atoms with Crippen molar-refractivity contribution in [2.45, 2.75) is 0 Å². The number of benzene rings is 1. The second kappa shape index (κ2) is 5.71. The van der Waals surface area contributed by atoms with Crippen LogP contribution in [0.5, 0.6) is 0 Å². The van der Waals surface area contributed by atoms with E-state index in [9.17, 15) is 4.79 Å². The van der Waals surface area contributed by atoms with Crippen LogP contribution in [0.2, 0.25) is 10.0 Å². The van der Waals surface area contributed by atoms with Crippen LogP contribution >= 0.6 is 23.2 Å². The van der Waals surface area contributed by atoms with Gasteiger partial charge in [0.2, 0.25) is 5.95 Å². The van der Waals surface area contributed by atoms with Crippen molar-refractivity contribution in [1.82, 2.24) is 9.97 Å². The molecule has 18 heavy (non-hydrogen) atoms. The van der Waals surface area contributed by atoms with E-state index < -0.39 is 0 Å². The Kier molecular flexibility index (Phi) is 4.02. The number of hydrogen-bond donors (Lipinski definition) is 2. The van der Waals surface area contributed by atoms with Gasteiger partial charge in [-0.3, -0.25) is 10.1 Å². The van der Waals surface area contributed by atoms with Crippen molar-refractivity contribution in [2.75, 3.05) is 5.32 Å². The summed E-state index contributed by atoms with van der Waals surface area (Å²) in [5, 5.41) is 3.61. The predicted molar refractivity (Wildman–Crippen MR) is 72.7 cm³/mol. The van der Waals surface area contributed by atoms with Crippen molar-refractivity contribution < 1.29 is 4.79 Å². The molecule has 2 aromatic rings. The van der Waals surface area contributed by atoms with Crippen molar-refractivity contribution in [1.29, 1.82) is 0 Å². The van der Waals surface area contributed by atoms with Gasteiger partial charge in [0.15, 0.2) is 0 Å². The van der Waals surface area contributed by atoms with E-state index in [4.69, 9.17) is 23.2 Å². The molecule has 4 nitrogen and oxygen atoms in total. The summed E-state index contributed by atoms with van der Waals surface area (Å²) < 4.78 is 0. The molecular weight excluding hydrogens is 273 g/mol. The van der Waals surface area contributed by atoms with Gasteiger partial charge in [-0.05, 0) is 29.8 Å². The zero-order chi connectivity index (χ0) is 13.0. The van der Waals surface area contributed by atoms with Crippen LogP contribution in [-0.4, -0.2) is 15.9 Å². The minimum Gasteiger partial charge on any atom is -0.331 e. The number of carbonyl (C=O) groups is 1. The van der Waals surface area contributed by atoms with E-state index in [0.717, 1.165) is 5.56 Å². The highest BCUT2D eigenvalue weighted by molar-refractivity contribution is 6.34. The number of nitrogens with zero attached hydrogens (tertiary/aromatic N) is 1. The summed E-state index contributed by atoms with van der Waals surface area (Å²) in [7, 11) is 0. The first-order valence-electron chi connectivity index (χ1n) is 5.08. The zero-order valence-corrected chi connectivity index (χ0v) is 10.7. The zero-order valence-electron chi connectivity index (χ0n) is 9.15. The van der Waals surface area contributed by atoms with E-state index >= 15 is 0 Å². The second-order valence-electron chi connectivity index (χ2n) is 3.46. The van der Waals surface area contributed by atoms with Crippen molar-refractivity contribution in [3.63, 3.8) is 0 Å². The molecule has 0 unspecified atom stereocenters. The molecule has 0 aliphatic carbocycles. The lowest BCUT2D eigenvalue weighted by Crippen LogP contribution is -2.08. The summed E-state index contributed by atoms with van der Waals surface area (Å²) in [5.74, 6) is 0.106. The maximum Gasteiger partial charge on any atom is 0.250 e. The summed E-state index contributed by atoms with van der Waals surface area (Å²) in [6, 6.07) is 5.05. The van der Waals surface area contributed by atoms with E-state index in [1.807, 2.05) is 0 Å². The first-order valence-corrected chi connectivity index (χ1v) is 5.83. The quantitative estimate of drug-likeness (QED) is 0.848. The molecule has 1 heterocycles. The molecule has 1 aromatic carbocycles. The highest BCUT2D eigenvalue weighted by Gasteiger charge is 1.99. The van der Waals surface area contributed by atoms with E-state index in [1.165, 1.54) is 6.08 Å². The minimum atomic E-state index is -0.291. The third kappa shape index (κ3) is 3.61. The number of amides is 1. The van der Waals surface area contributed by atoms with Gasteiger partial charge >= 0.3 is 0 Å². The Hall–Kier alpha value is -1.78. The van der Waals surface area contributed by atoms with Gasteiger partial charge in [0, 0.05) is 28.5 Å². The average molecular weight is 282 g/mol. The van der Waals surface area contributed by atoms with E-state index in [2.05, 4.69) is 15.3 Å². The molecule has 0 spiro atoms. The average Bonchev–Trinajstić information content (AvgIpc) is 2.78. The Balaban J connectivity index is 2.04. The lowest BCUT2D eigenvalue weighted by Gasteiger charge is -1.98. The molecule has 0 saturated heterocycles. The summed E-state index contributed by atoms with van der Waals surface area (Å²) in [5.41, 5.74) is 0.752. The number of anilines is 1. The van der Waals surface area contributed by atoms with Crippen molar-refractivity contribution in [3.8, 4) is 0 Å². The fourth-order valence-electron chi connectivity index (χ4n) is 1.34. The third-order valence-electron chi connectivity index (χ3n) is 2.05. The monoisotopic (exact) mass is 281 g/mol. The highest BCUT2D eigenvalue weighted by atomic mass is 35.5. The SMILES string of the molecule is O=C(C=Cc1cc(Cl)cc(Cl)c1)Nc1ncc[nH]1. The molecule has 0 atom stereocenters. The number of halogens is 2. The van der Waals surface area contributed by atoms with Gasteiger partial charge in [0.05, 0.1) is 0 Å². The number of aromatic amines is 1. The molecule has 92 valence electrons. The molecule has 2 N–H and O–H groups in total. The predicted octanol–water partition coefficient (Wildman–Crippen LogP) is 3.37. The summed E-state index contributed by atoms with van der Waals surface area (Å²) in [6.07, 6.45) is 6.17. The molecule has 2 rings (SSSR count). The molecule has 0 bridgehead atoms. The normalized spacial score (nSPS) is 10.8. The molecule has 6 heteroatoms. The van der Waals surface area contributed by atoms with Crippen molar-refractivity contribution in [3.05, 3.63) is 52.3 Å². The summed E-state index contributed by atoms with van der Waals surface area (Å²) in [4.78, 5) is 18.2. The van der Waals surface area contributed by atoms with Gasteiger partial charge < -0.3 is 4.98 Å². The lowest BCUT2D eigenvalue weighted by atomic mass is 10.2. The Morgan fingerprint density at radius 1 is 1.28 bits per heavy atom. The van der Waals surface area contributed by atoms with Crippen LogP contribution in [0.3, 0.4) is 0 Å². The van der Waals surface area contributed by atoms with Crippen molar-refractivity contribution in [2.24, 2.45) is 0 Å². The first kappa shape index (κ1) is 12.7. The van der Waals surface area contributed by atoms with Gasteiger partial charge in [0.25, 0.3) is 5.91 Å². The molecule has 0 saturated carbocycles. The van der Waals surface area contributed by atoms with Gasteiger partial charge in [0.1, 0.15) is 0 Å². The number of carbonyl (C=O) groups excluding carboxylic acids is 1. The van der Waals surface area contributed by atoms with Gasteiger partial charge in [-0.1, -0.05) is 23.2 Å². The Morgan fingerprint density at radius 3 is 2.61 bits per heavy atom. The largest absolute Gasteiger partial charge is 0.331 e. The van der Waals surface area contributed by atoms with Crippen LogP contribution in [0.15, 0.2) is 36.7 Å². The first-order chi connectivity index (χ1) is 8.63. The minimum absolute atomic E-state index is 0.291. The maximum atomic E-state index is 11.5. The van der Waals surface area contributed by atoms with Crippen molar-refractivity contribution >= 4 is 41.1 Å². The third-order valence-corrected chi connectivity index (χ3v) is 2.49. The van der Waals surface area contributed by atoms with Crippen LogP contribution in [0.1, 0.15) is 5.56 Å². The van der Waals surface area contributed by atoms with Crippen LogP contribution in [0.4, 0.5) is 5.95 Å². The number of H-pyrrole nitrogens is 1. The van der Waals surface area contributed by atoms with E-state index in [0.29, 0.717) is 16.0 Å². The number of imidazole rings is 1. The van der Waals surface area contributed by atoms with E-state index in [-0.39, 0.29) is 5.91 Å². The van der Waals surface area contributed by atoms with E-state index in [1.54, 1.807) is 36.7 Å². The smallest absolute Gasteiger partial charge is 0.250 e. The Morgan fingerprint density at radius 2 is 2.00 bits per heavy atom. The number of aromatic nitrogens is 2. The summed E-state index contributed by atoms with van der Waals surface area (Å²) >= 11 is 11.7. The topological polar surface area (TPSA) is 57.8 Å². The molecule has 1 amide bonds. The van der Waals surface area contributed by atoms with Gasteiger partial charge in [-0.25, -0.2) is 4.98 Å². The molecule has 0 radical (unpaired) electrons. The second-order valence-corrected chi connectivity index (χ2v) is 4.34. The number of hydrogen-bond acceptors (Lipinski definition) is 2. The molecular formula is C12H9Cl2N3O. The number of nitrogens with one attached hydrogen (secondary N) is 2. The van der Waals surface area contributed by atoms with Crippen LogP contribution in [-0.2, 0) is 4.79 Å². The Labute approximate surface area is 114 Å². The van der Waals surface area contributed by atoms with Gasteiger partial charge in [-0.2, -0.15) is 0 Å². The summed E-state index contributed by atoms with van der Waals surface area (Å²) in [6.45, 7) is 0. The highest BCUT2D eigenvalue weighted by Crippen LogP contribution is 2.19. The number of rotatable bonds is 3. The molecule has 0 fully saturated rings. The molecule has 0 aliphatic heterocycles. The van der Waals surface area contributed by atoms with Gasteiger partial charge in [-0.15, -0.1) is 0 Å². The standard InChI is InChI=1S/C12H9Cl2N3O/c13-9-5-8(6-10(14)7-9)1-2-11(18)17-12-15-3-4-16-12/h1-7H,(H2,15,16,17,18). The fraction of sp³-hybridized carbons (Fsp3) is 0. The van der Waals surface area contributed by atoms with Crippen LogP contribution < -0.4 is 5.32 Å². The van der Waals surface area contributed by atoms with Crippen LogP contribution in [0, 0.1) is 0 Å². The van der Waals surface area contributed by atoms with Crippen LogP contribution in [0.25, 0.3) is 6.08 Å². The Bertz CT molecular complexity index is 559. The molecule has 0 aliphatic rings. The lowest BCUT2D eigenvalue weighted by molar-refractivity contribution is -0.111. The maximum absolute atomic E-state index is 11.5.